The van der Waals surface area contributed by atoms with Crippen LogP contribution >= 0.6 is 7.82 Å². The van der Waals surface area contributed by atoms with Crippen LogP contribution in [0.3, 0.4) is 0 Å². The quantitative estimate of drug-likeness (QED) is 0.0235. The Balaban J connectivity index is 4.55. The highest BCUT2D eigenvalue weighted by Crippen LogP contribution is 2.43. The molecule has 0 saturated carbocycles. The van der Waals surface area contributed by atoms with Crippen LogP contribution in [0.25, 0.3) is 0 Å². The van der Waals surface area contributed by atoms with Gasteiger partial charge in [-0.3, -0.25) is 23.4 Å². The molecule has 0 spiro atoms. The van der Waals surface area contributed by atoms with Gasteiger partial charge >= 0.3 is 25.7 Å². The molecule has 3 atom stereocenters. The number of carbonyl (C=O) groups is 3. The van der Waals surface area contributed by atoms with Crippen molar-refractivity contribution in [1.29, 1.82) is 0 Å². The zero-order chi connectivity index (χ0) is 41.4. The third kappa shape index (κ3) is 37.8. The number of hydrogen-bond acceptors (Lipinski definition) is 9. The van der Waals surface area contributed by atoms with Crippen LogP contribution in [-0.2, 0) is 37.5 Å². The molecule has 0 aliphatic rings. The van der Waals surface area contributed by atoms with Crippen LogP contribution in [0.4, 0.5) is 0 Å². The van der Waals surface area contributed by atoms with E-state index in [1.807, 2.05) is 18.2 Å². The summed E-state index contributed by atoms with van der Waals surface area (Å²) in [5.41, 5.74) is 5.32. The van der Waals surface area contributed by atoms with Crippen molar-refractivity contribution in [2.45, 2.75) is 167 Å². The Hall–Kier alpha value is -3.08. The molecule has 0 heterocycles. The molecule has 0 amide bonds. The summed E-state index contributed by atoms with van der Waals surface area (Å²) in [5, 5.41) is 8.88. The van der Waals surface area contributed by atoms with Crippen LogP contribution in [0.2, 0.25) is 0 Å². The van der Waals surface area contributed by atoms with Crippen molar-refractivity contribution in [3.8, 4) is 0 Å². The molecule has 1 unspecified atom stereocenters. The molecular formula is C44H74NO10P. The minimum Gasteiger partial charge on any atom is -0.480 e. The summed E-state index contributed by atoms with van der Waals surface area (Å²) in [5.74, 6) is -2.50. The molecule has 0 aromatic carbocycles. The summed E-state index contributed by atoms with van der Waals surface area (Å²) in [6.45, 7) is 2.65. The van der Waals surface area contributed by atoms with Crippen LogP contribution < -0.4 is 5.73 Å². The van der Waals surface area contributed by atoms with Gasteiger partial charge in [-0.2, -0.15) is 0 Å². The third-order valence-corrected chi connectivity index (χ3v) is 9.39. The number of rotatable bonds is 38. The van der Waals surface area contributed by atoms with Crippen molar-refractivity contribution in [2.24, 2.45) is 5.73 Å². The van der Waals surface area contributed by atoms with Crippen molar-refractivity contribution in [1.82, 2.24) is 0 Å². The van der Waals surface area contributed by atoms with Crippen LogP contribution in [0, 0.1) is 0 Å². The van der Waals surface area contributed by atoms with Gasteiger partial charge in [0.05, 0.1) is 13.2 Å². The predicted octanol–water partition coefficient (Wildman–Crippen LogP) is 10.9. The Labute approximate surface area is 338 Å². The SMILES string of the molecule is CCCCC/C=C\C/C=C\C/C=C\C/C=C\C/C=C\CCC(=O)O[C@H](COC(=O)CCCCCCC/C=C\CCCCCC)COP(=O)(O)OC[C@H](N)C(=O)O. The molecule has 56 heavy (non-hydrogen) atoms. The molecule has 0 fully saturated rings. The fourth-order valence-electron chi connectivity index (χ4n) is 5.10. The molecule has 11 nitrogen and oxygen atoms in total. The van der Waals surface area contributed by atoms with Crippen LogP contribution in [0.1, 0.15) is 155 Å². The number of ether oxygens (including phenoxy) is 2. The highest BCUT2D eigenvalue weighted by Gasteiger charge is 2.28. The van der Waals surface area contributed by atoms with E-state index in [-0.39, 0.29) is 19.4 Å². The monoisotopic (exact) mass is 808 g/mol. The van der Waals surface area contributed by atoms with E-state index < -0.39 is 51.1 Å². The fourth-order valence-corrected chi connectivity index (χ4v) is 5.88. The number of phosphoric acid groups is 1. The average molecular weight is 808 g/mol. The van der Waals surface area contributed by atoms with Crippen LogP contribution in [-0.4, -0.2) is 59.9 Å². The van der Waals surface area contributed by atoms with Gasteiger partial charge in [-0.1, -0.05) is 138 Å². The molecule has 0 bridgehead atoms. The van der Waals surface area contributed by atoms with Gasteiger partial charge in [0.25, 0.3) is 0 Å². The summed E-state index contributed by atoms with van der Waals surface area (Å²) in [6, 6.07) is -1.54. The van der Waals surface area contributed by atoms with E-state index in [0.717, 1.165) is 64.2 Å². The topological polar surface area (TPSA) is 172 Å². The Morgan fingerprint density at radius 1 is 0.554 bits per heavy atom. The number of hydrogen-bond donors (Lipinski definition) is 3. The smallest absolute Gasteiger partial charge is 0.472 e. The number of nitrogens with two attached hydrogens (primary N) is 1. The fraction of sp³-hybridized carbons (Fsp3) is 0.659. The average Bonchev–Trinajstić information content (AvgIpc) is 3.17. The molecule has 4 N–H and O–H groups in total. The van der Waals surface area contributed by atoms with E-state index in [0.29, 0.717) is 19.3 Å². The van der Waals surface area contributed by atoms with E-state index >= 15 is 0 Å². The summed E-state index contributed by atoms with van der Waals surface area (Å²) >= 11 is 0. The Morgan fingerprint density at radius 3 is 1.54 bits per heavy atom. The minimum absolute atomic E-state index is 0.0328. The number of allylic oxidation sites excluding steroid dienone is 12. The number of carboxylic acid groups (broad SMARTS) is 1. The molecule has 0 radical (unpaired) electrons. The minimum atomic E-state index is -4.74. The van der Waals surface area contributed by atoms with Gasteiger partial charge in [0.15, 0.2) is 6.10 Å². The van der Waals surface area contributed by atoms with Crippen molar-refractivity contribution in [3.05, 3.63) is 72.9 Å². The van der Waals surface area contributed by atoms with Gasteiger partial charge < -0.3 is 25.2 Å². The maximum atomic E-state index is 12.6. The van der Waals surface area contributed by atoms with Gasteiger partial charge in [-0.05, 0) is 77.0 Å². The first-order valence-electron chi connectivity index (χ1n) is 21.0. The number of esters is 2. The second-order valence-electron chi connectivity index (χ2n) is 13.8. The summed E-state index contributed by atoms with van der Waals surface area (Å²) in [4.78, 5) is 45.8. The van der Waals surface area contributed by atoms with Crippen LogP contribution in [0.15, 0.2) is 72.9 Å². The highest BCUT2D eigenvalue weighted by atomic mass is 31.2. The molecule has 12 heteroatoms. The maximum Gasteiger partial charge on any atom is 0.472 e. The maximum absolute atomic E-state index is 12.6. The number of carbonyl (C=O) groups excluding carboxylic acids is 2. The second-order valence-corrected chi connectivity index (χ2v) is 15.2. The first-order valence-corrected chi connectivity index (χ1v) is 22.5. The zero-order valence-corrected chi connectivity index (χ0v) is 35.3. The lowest BCUT2D eigenvalue weighted by atomic mass is 10.1. The van der Waals surface area contributed by atoms with Gasteiger partial charge in [0.1, 0.15) is 12.6 Å². The summed E-state index contributed by atoms with van der Waals surface area (Å²) < 4.78 is 32.5. The zero-order valence-electron chi connectivity index (χ0n) is 34.4. The van der Waals surface area contributed by atoms with E-state index in [2.05, 4.69) is 73.1 Å². The molecular weight excluding hydrogens is 733 g/mol. The largest absolute Gasteiger partial charge is 0.480 e. The van der Waals surface area contributed by atoms with E-state index in [9.17, 15) is 23.8 Å². The van der Waals surface area contributed by atoms with Crippen molar-refractivity contribution < 1.29 is 47.5 Å². The molecule has 0 aromatic rings. The first-order chi connectivity index (χ1) is 27.1. The number of unbranched alkanes of at least 4 members (excludes halogenated alkanes) is 12. The van der Waals surface area contributed by atoms with Gasteiger partial charge in [-0.25, -0.2) is 4.57 Å². The Kier molecular flexibility index (Phi) is 36.6. The molecule has 0 aliphatic heterocycles. The van der Waals surface area contributed by atoms with Crippen molar-refractivity contribution in [2.75, 3.05) is 19.8 Å². The third-order valence-electron chi connectivity index (χ3n) is 8.44. The van der Waals surface area contributed by atoms with E-state index in [1.165, 1.54) is 44.9 Å². The van der Waals surface area contributed by atoms with E-state index in [1.54, 1.807) is 0 Å². The molecule has 0 saturated heterocycles. The molecule has 0 aromatic heterocycles. The van der Waals surface area contributed by atoms with Crippen molar-refractivity contribution in [3.63, 3.8) is 0 Å². The van der Waals surface area contributed by atoms with Crippen molar-refractivity contribution >= 4 is 25.7 Å². The predicted molar refractivity (Wildman–Crippen MR) is 226 cm³/mol. The standard InChI is InChI=1S/C44H74NO10P/c1-3-5-7-9-11-13-15-17-18-19-20-21-22-24-26-28-30-32-34-36-43(47)55-40(38-53-56(50,51)54-39-41(45)44(48)49)37-52-42(46)35-33-31-29-27-25-23-16-14-12-10-8-6-4-2/h11,13-14,16-18,20-21,24,26,30,32,40-41H,3-10,12,15,19,22-23,25,27-29,31,33-39,45H2,1-2H3,(H,48,49)(H,50,51)/b13-11-,16-14-,18-17-,21-20-,26-24-,32-30-/t40-,41+/m1/s1. The number of carboxylic acids is 1. The molecule has 320 valence electrons. The summed E-state index contributed by atoms with van der Waals surface area (Å²) in [7, 11) is -4.74. The van der Waals surface area contributed by atoms with E-state index in [4.69, 9.17) is 24.8 Å². The lowest BCUT2D eigenvalue weighted by molar-refractivity contribution is -0.161. The van der Waals surface area contributed by atoms with Crippen LogP contribution in [0.5, 0.6) is 0 Å². The lowest BCUT2D eigenvalue weighted by Gasteiger charge is -2.20. The Morgan fingerprint density at radius 2 is 0.982 bits per heavy atom. The summed E-state index contributed by atoms with van der Waals surface area (Å²) in [6.07, 6.45) is 45.5. The second kappa shape index (κ2) is 38.8. The van der Waals surface area contributed by atoms with Gasteiger partial charge in [-0.15, -0.1) is 0 Å². The van der Waals surface area contributed by atoms with Gasteiger partial charge in [0.2, 0.25) is 0 Å². The van der Waals surface area contributed by atoms with Gasteiger partial charge in [0, 0.05) is 12.8 Å². The highest BCUT2D eigenvalue weighted by molar-refractivity contribution is 7.47. The molecule has 0 aliphatic carbocycles. The lowest BCUT2D eigenvalue weighted by Crippen LogP contribution is -2.34. The first kappa shape index (κ1) is 52.9. The number of aliphatic carboxylic acids is 1. The molecule has 0 rings (SSSR count). The number of phosphoric ester groups is 1. The Bertz CT molecular complexity index is 1230. The normalized spacial score (nSPS) is 14.5.